The standard InChI is InChI=1S/C15H19FN4/c1-3-17-8-9-20(2)14-6-4-12(5-7-14)15-18-10-13(16)11-19-15/h4-7,10-11,17H,3,8-9H2,1-2H3. The molecule has 0 saturated carbocycles. The van der Waals surface area contributed by atoms with Gasteiger partial charge in [-0.2, -0.15) is 0 Å². The zero-order valence-corrected chi connectivity index (χ0v) is 11.8. The number of aromatic nitrogens is 2. The summed E-state index contributed by atoms with van der Waals surface area (Å²) >= 11 is 0. The third-order valence-electron chi connectivity index (χ3n) is 3.06. The molecule has 0 saturated heterocycles. The van der Waals surface area contributed by atoms with Gasteiger partial charge in [-0.25, -0.2) is 14.4 Å². The molecule has 0 amide bonds. The second-order valence-corrected chi connectivity index (χ2v) is 4.55. The van der Waals surface area contributed by atoms with Crippen molar-refractivity contribution in [1.29, 1.82) is 0 Å². The number of nitrogens with zero attached hydrogens (tertiary/aromatic N) is 3. The first-order chi connectivity index (χ1) is 9.70. The lowest BCUT2D eigenvalue weighted by atomic mass is 10.2. The van der Waals surface area contributed by atoms with E-state index in [0.717, 1.165) is 30.9 Å². The van der Waals surface area contributed by atoms with Crippen molar-refractivity contribution in [3.8, 4) is 11.4 Å². The molecule has 4 nitrogen and oxygen atoms in total. The topological polar surface area (TPSA) is 41.0 Å². The highest BCUT2D eigenvalue weighted by atomic mass is 19.1. The average Bonchev–Trinajstić information content (AvgIpc) is 2.48. The summed E-state index contributed by atoms with van der Waals surface area (Å²) in [6, 6.07) is 7.95. The van der Waals surface area contributed by atoms with Crippen LogP contribution >= 0.6 is 0 Å². The van der Waals surface area contributed by atoms with Crippen molar-refractivity contribution < 1.29 is 4.39 Å². The number of hydrogen-bond acceptors (Lipinski definition) is 4. The van der Waals surface area contributed by atoms with E-state index in [-0.39, 0.29) is 0 Å². The van der Waals surface area contributed by atoms with Gasteiger partial charge in [0.2, 0.25) is 0 Å². The van der Waals surface area contributed by atoms with Gasteiger partial charge in [-0.1, -0.05) is 6.92 Å². The fourth-order valence-electron chi connectivity index (χ4n) is 1.88. The van der Waals surface area contributed by atoms with Crippen molar-refractivity contribution in [2.45, 2.75) is 6.92 Å². The first-order valence-corrected chi connectivity index (χ1v) is 6.70. The minimum Gasteiger partial charge on any atom is -0.373 e. The summed E-state index contributed by atoms with van der Waals surface area (Å²) < 4.78 is 12.8. The molecule has 106 valence electrons. The second kappa shape index (κ2) is 6.96. The van der Waals surface area contributed by atoms with Crippen LogP contribution in [-0.2, 0) is 0 Å². The van der Waals surface area contributed by atoms with E-state index in [2.05, 4.69) is 34.2 Å². The molecule has 1 aromatic heterocycles. The first kappa shape index (κ1) is 14.4. The molecule has 5 heteroatoms. The largest absolute Gasteiger partial charge is 0.373 e. The summed E-state index contributed by atoms with van der Waals surface area (Å²) in [7, 11) is 2.06. The van der Waals surface area contributed by atoms with Crippen LogP contribution in [0.25, 0.3) is 11.4 Å². The number of benzene rings is 1. The summed E-state index contributed by atoms with van der Waals surface area (Å²) in [5.41, 5.74) is 2.02. The Hall–Kier alpha value is -2.01. The zero-order chi connectivity index (χ0) is 14.4. The summed E-state index contributed by atoms with van der Waals surface area (Å²) in [6.07, 6.45) is 2.36. The molecule has 0 radical (unpaired) electrons. The van der Waals surface area contributed by atoms with Crippen molar-refractivity contribution >= 4 is 5.69 Å². The Morgan fingerprint density at radius 1 is 1.15 bits per heavy atom. The van der Waals surface area contributed by atoms with E-state index >= 15 is 0 Å². The fraction of sp³-hybridized carbons (Fsp3) is 0.333. The molecule has 0 aliphatic carbocycles. The molecular formula is C15H19FN4. The highest BCUT2D eigenvalue weighted by molar-refractivity contribution is 5.60. The van der Waals surface area contributed by atoms with Gasteiger partial charge in [-0.15, -0.1) is 0 Å². The molecule has 1 aromatic carbocycles. The van der Waals surface area contributed by atoms with Crippen LogP contribution in [0.2, 0.25) is 0 Å². The maximum Gasteiger partial charge on any atom is 0.159 e. The molecule has 1 heterocycles. The zero-order valence-electron chi connectivity index (χ0n) is 11.8. The van der Waals surface area contributed by atoms with Crippen molar-refractivity contribution in [3.05, 3.63) is 42.5 Å². The SMILES string of the molecule is CCNCCN(C)c1ccc(-c2ncc(F)cn2)cc1. The molecule has 0 unspecified atom stereocenters. The number of hydrogen-bond donors (Lipinski definition) is 1. The Kier molecular flexibility index (Phi) is 5.01. The monoisotopic (exact) mass is 274 g/mol. The minimum absolute atomic E-state index is 0.423. The lowest BCUT2D eigenvalue weighted by Crippen LogP contribution is -2.28. The van der Waals surface area contributed by atoms with Gasteiger partial charge in [0.25, 0.3) is 0 Å². The Morgan fingerprint density at radius 2 is 1.80 bits per heavy atom. The second-order valence-electron chi connectivity index (χ2n) is 4.55. The number of anilines is 1. The van der Waals surface area contributed by atoms with Gasteiger partial charge in [0.1, 0.15) is 0 Å². The minimum atomic E-state index is -0.423. The van der Waals surface area contributed by atoms with Crippen molar-refractivity contribution in [3.63, 3.8) is 0 Å². The summed E-state index contributed by atoms with van der Waals surface area (Å²) in [5, 5.41) is 3.29. The fourth-order valence-corrected chi connectivity index (χ4v) is 1.88. The Labute approximate surface area is 118 Å². The number of nitrogens with one attached hydrogen (secondary N) is 1. The number of likely N-dealkylation sites (N-methyl/N-ethyl adjacent to an activating group) is 2. The van der Waals surface area contributed by atoms with Crippen molar-refractivity contribution in [2.75, 3.05) is 31.6 Å². The van der Waals surface area contributed by atoms with Crippen LogP contribution in [0.1, 0.15) is 6.92 Å². The van der Waals surface area contributed by atoms with E-state index in [4.69, 9.17) is 0 Å². The van der Waals surface area contributed by atoms with E-state index in [0.29, 0.717) is 5.82 Å². The predicted molar refractivity (Wildman–Crippen MR) is 79.2 cm³/mol. The van der Waals surface area contributed by atoms with Gasteiger partial charge in [0, 0.05) is 31.4 Å². The van der Waals surface area contributed by atoms with E-state index in [1.54, 1.807) is 0 Å². The molecule has 0 aliphatic heterocycles. The van der Waals surface area contributed by atoms with Gasteiger partial charge in [-0.05, 0) is 30.8 Å². The van der Waals surface area contributed by atoms with Gasteiger partial charge in [0.05, 0.1) is 12.4 Å². The first-order valence-electron chi connectivity index (χ1n) is 6.70. The number of rotatable bonds is 6. The molecule has 0 fully saturated rings. The van der Waals surface area contributed by atoms with E-state index in [1.165, 1.54) is 12.4 Å². The quantitative estimate of drug-likeness (QED) is 0.821. The highest BCUT2D eigenvalue weighted by Crippen LogP contribution is 2.19. The van der Waals surface area contributed by atoms with Gasteiger partial charge >= 0.3 is 0 Å². The smallest absolute Gasteiger partial charge is 0.159 e. The Bertz CT molecular complexity index is 525. The molecule has 0 bridgehead atoms. The normalized spacial score (nSPS) is 10.6. The maximum atomic E-state index is 12.8. The molecule has 2 aromatic rings. The van der Waals surface area contributed by atoms with Crippen molar-refractivity contribution in [2.24, 2.45) is 0 Å². The van der Waals surface area contributed by atoms with Crippen LogP contribution in [-0.4, -0.2) is 36.6 Å². The molecule has 20 heavy (non-hydrogen) atoms. The van der Waals surface area contributed by atoms with Crippen LogP contribution in [0.3, 0.4) is 0 Å². The van der Waals surface area contributed by atoms with Gasteiger partial charge in [0.15, 0.2) is 11.6 Å². The Balaban J connectivity index is 2.04. The Morgan fingerprint density at radius 3 is 2.40 bits per heavy atom. The van der Waals surface area contributed by atoms with E-state index in [1.807, 2.05) is 24.3 Å². The van der Waals surface area contributed by atoms with E-state index < -0.39 is 5.82 Å². The molecule has 2 rings (SSSR count). The third kappa shape index (κ3) is 3.74. The predicted octanol–water partition coefficient (Wildman–Crippen LogP) is 2.33. The summed E-state index contributed by atoms with van der Waals surface area (Å²) in [5.74, 6) is 0.113. The van der Waals surface area contributed by atoms with E-state index in [9.17, 15) is 4.39 Å². The molecule has 0 atom stereocenters. The molecular weight excluding hydrogens is 255 g/mol. The van der Waals surface area contributed by atoms with Crippen LogP contribution < -0.4 is 10.2 Å². The lowest BCUT2D eigenvalue weighted by molar-refractivity contribution is 0.614. The van der Waals surface area contributed by atoms with Crippen LogP contribution in [0.15, 0.2) is 36.7 Å². The number of halogens is 1. The molecule has 0 spiro atoms. The van der Waals surface area contributed by atoms with Gasteiger partial charge in [-0.3, -0.25) is 0 Å². The lowest BCUT2D eigenvalue weighted by Gasteiger charge is -2.19. The molecule has 1 N–H and O–H groups in total. The summed E-state index contributed by atoms with van der Waals surface area (Å²) in [6.45, 7) is 4.97. The maximum absolute atomic E-state index is 12.8. The molecule has 0 aliphatic rings. The van der Waals surface area contributed by atoms with Crippen LogP contribution in [0, 0.1) is 5.82 Å². The summed E-state index contributed by atoms with van der Waals surface area (Å²) in [4.78, 5) is 10.1. The van der Waals surface area contributed by atoms with Crippen LogP contribution in [0.4, 0.5) is 10.1 Å². The van der Waals surface area contributed by atoms with Crippen LogP contribution in [0.5, 0.6) is 0 Å². The van der Waals surface area contributed by atoms with Crippen molar-refractivity contribution in [1.82, 2.24) is 15.3 Å². The third-order valence-corrected chi connectivity index (χ3v) is 3.06. The average molecular weight is 274 g/mol. The van der Waals surface area contributed by atoms with Gasteiger partial charge < -0.3 is 10.2 Å². The highest BCUT2D eigenvalue weighted by Gasteiger charge is 2.04.